The predicted octanol–water partition coefficient (Wildman–Crippen LogP) is 5.24. The number of fused-ring (bicyclic) bond motifs is 1. The number of piperidine rings is 1. The van der Waals surface area contributed by atoms with Crippen molar-refractivity contribution in [1.82, 2.24) is 24.6 Å². The number of benzene rings is 2. The van der Waals surface area contributed by atoms with E-state index in [2.05, 4.69) is 15.6 Å². The van der Waals surface area contributed by atoms with Gasteiger partial charge in [0.05, 0.1) is 43.9 Å². The highest BCUT2D eigenvalue weighted by Crippen LogP contribution is 2.36. The van der Waals surface area contributed by atoms with Crippen molar-refractivity contribution in [1.29, 1.82) is 5.26 Å². The second-order valence-corrected chi connectivity index (χ2v) is 12.8. The third-order valence-corrected chi connectivity index (χ3v) is 8.97. The van der Waals surface area contributed by atoms with E-state index in [1.807, 2.05) is 46.8 Å². The average Bonchev–Trinajstić information content (AvgIpc) is 3.48. The molecule has 13 heteroatoms. The van der Waals surface area contributed by atoms with E-state index in [0.717, 1.165) is 24.2 Å². The highest BCUT2D eigenvalue weighted by molar-refractivity contribution is 6.04. The Morgan fingerprint density at radius 1 is 1.04 bits per heavy atom. The molecular formula is C37H36N8O5. The first kappa shape index (κ1) is 32.5. The number of hydrogen-bond donors (Lipinski definition) is 2. The third-order valence-electron chi connectivity index (χ3n) is 8.97. The summed E-state index contributed by atoms with van der Waals surface area (Å²) in [5.41, 5.74) is 1.98. The maximum absolute atomic E-state index is 13.3. The Morgan fingerprint density at radius 2 is 1.80 bits per heavy atom. The molecule has 0 radical (unpaired) electrons. The van der Waals surface area contributed by atoms with E-state index in [9.17, 15) is 9.59 Å². The van der Waals surface area contributed by atoms with Crippen LogP contribution >= 0.6 is 0 Å². The first-order valence-corrected chi connectivity index (χ1v) is 16.4. The van der Waals surface area contributed by atoms with E-state index >= 15 is 0 Å². The SMILES string of the molecule is COc1ccc(Cn2nc(N[C@@H]3CCCN(C(=O)C4(C)COC4)C3)c3c(Oc4ccc(C(=O)Nc5cc(C#N)ccn5)cc4)ccnc32)cc1. The van der Waals surface area contributed by atoms with Crippen molar-refractivity contribution in [3.05, 3.63) is 95.8 Å². The molecule has 0 bridgehead atoms. The molecule has 0 unspecified atom stereocenters. The van der Waals surface area contributed by atoms with Gasteiger partial charge in [0.2, 0.25) is 5.91 Å². The molecule has 2 N–H and O–H groups in total. The maximum Gasteiger partial charge on any atom is 0.256 e. The summed E-state index contributed by atoms with van der Waals surface area (Å²) in [6.45, 7) is 4.59. The normalized spacial score (nSPS) is 16.6. The topological polar surface area (TPSA) is 157 Å². The van der Waals surface area contributed by atoms with Gasteiger partial charge in [-0.2, -0.15) is 10.4 Å². The van der Waals surface area contributed by atoms with Crippen LogP contribution in [0.2, 0.25) is 0 Å². The van der Waals surface area contributed by atoms with Gasteiger partial charge in [-0.05, 0) is 73.9 Å². The Balaban J connectivity index is 1.15. The number of carbonyl (C=O) groups is 2. The van der Waals surface area contributed by atoms with Gasteiger partial charge >= 0.3 is 0 Å². The second-order valence-electron chi connectivity index (χ2n) is 12.8. The van der Waals surface area contributed by atoms with Crippen LogP contribution in [0.5, 0.6) is 17.2 Å². The molecule has 2 aliphatic rings. The number of methoxy groups -OCH3 is 1. The number of aromatic nitrogens is 4. The average molecular weight is 673 g/mol. The number of anilines is 2. The Labute approximate surface area is 288 Å². The van der Waals surface area contributed by atoms with Crippen LogP contribution in [-0.2, 0) is 16.1 Å². The highest BCUT2D eigenvalue weighted by Gasteiger charge is 2.44. The van der Waals surface area contributed by atoms with Gasteiger partial charge in [-0.15, -0.1) is 0 Å². The fourth-order valence-corrected chi connectivity index (χ4v) is 6.21. The number of likely N-dealkylation sites (tertiary alicyclic amines) is 1. The van der Waals surface area contributed by atoms with E-state index in [-0.39, 0.29) is 23.7 Å². The van der Waals surface area contributed by atoms with Gasteiger partial charge in [-0.1, -0.05) is 12.1 Å². The van der Waals surface area contributed by atoms with Crippen molar-refractivity contribution in [2.75, 3.05) is 44.0 Å². The fourth-order valence-electron chi connectivity index (χ4n) is 6.21. The summed E-state index contributed by atoms with van der Waals surface area (Å²) >= 11 is 0. The van der Waals surface area contributed by atoms with Crippen molar-refractivity contribution in [2.45, 2.75) is 32.4 Å². The number of hydrogen-bond acceptors (Lipinski definition) is 10. The first-order valence-electron chi connectivity index (χ1n) is 16.4. The molecule has 50 heavy (non-hydrogen) atoms. The largest absolute Gasteiger partial charge is 0.497 e. The van der Waals surface area contributed by atoms with Gasteiger partial charge in [0.1, 0.15) is 28.5 Å². The first-order chi connectivity index (χ1) is 24.3. The van der Waals surface area contributed by atoms with Crippen LogP contribution in [0.4, 0.5) is 11.6 Å². The molecule has 13 nitrogen and oxygen atoms in total. The molecule has 3 aromatic heterocycles. The van der Waals surface area contributed by atoms with Crippen LogP contribution in [0.3, 0.4) is 0 Å². The summed E-state index contributed by atoms with van der Waals surface area (Å²) in [7, 11) is 1.64. The van der Waals surface area contributed by atoms with E-state index < -0.39 is 5.41 Å². The van der Waals surface area contributed by atoms with Crippen LogP contribution in [0, 0.1) is 16.7 Å². The molecular weight excluding hydrogens is 636 g/mol. The van der Waals surface area contributed by atoms with Gasteiger partial charge in [0.15, 0.2) is 11.5 Å². The number of nitriles is 1. The number of nitrogens with one attached hydrogen (secondary N) is 2. The van der Waals surface area contributed by atoms with Crippen molar-refractivity contribution >= 4 is 34.5 Å². The molecule has 1 atom stereocenters. The summed E-state index contributed by atoms with van der Waals surface area (Å²) in [5, 5.41) is 21.2. The van der Waals surface area contributed by atoms with Crippen LogP contribution in [0.15, 0.2) is 79.1 Å². The van der Waals surface area contributed by atoms with Crippen molar-refractivity contribution in [3.8, 4) is 23.3 Å². The number of rotatable bonds is 10. The lowest BCUT2D eigenvalue weighted by Crippen LogP contribution is -2.56. The molecule has 2 aromatic carbocycles. The smallest absolute Gasteiger partial charge is 0.256 e. The van der Waals surface area contributed by atoms with E-state index in [1.165, 1.54) is 12.3 Å². The van der Waals surface area contributed by atoms with Gasteiger partial charge in [-0.25, -0.2) is 14.6 Å². The molecule has 2 amide bonds. The van der Waals surface area contributed by atoms with Gasteiger partial charge in [0, 0.05) is 43.2 Å². The Morgan fingerprint density at radius 3 is 2.52 bits per heavy atom. The molecule has 2 aliphatic heterocycles. The predicted molar refractivity (Wildman–Crippen MR) is 185 cm³/mol. The van der Waals surface area contributed by atoms with Crippen LogP contribution in [0.25, 0.3) is 11.0 Å². The minimum atomic E-state index is -0.463. The van der Waals surface area contributed by atoms with Crippen LogP contribution in [-0.4, -0.2) is 75.9 Å². The number of ether oxygens (including phenoxy) is 3. The summed E-state index contributed by atoms with van der Waals surface area (Å²) in [4.78, 5) is 37.0. The van der Waals surface area contributed by atoms with E-state index in [1.54, 1.807) is 49.7 Å². The molecule has 0 saturated carbocycles. The molecule has 2 fully saturated rings. The van der Waals surface area contributed by atoms with E-state index in [0.29, 0.717) is 72.3 Å². The lowest BCUT2D eigenvalue weighted by molar-refractivity contribution is -0.169. The molecule has 2 saturated heterocycles. The third kappa shape index (κ3) is 6.79. The van der Waals surface area contributed by atoms with Crippen molar-refractivity contribution in [2.24, 2.45) is 5.41 Å². The maximum atomic E-state index is 13.3. The lowest BCUT2D eigenvalue weighted by atomic mass is 9.86. The second kappa shape index (κ2) is 13.9. The summed E-state index contributed by atoms with van der Waals surface area (Å²) in [5.74, 6) is 2.47. The monoisotopic (exact) mass is 672 g/mol. The number of carbonyl (C=O) groups excluding carboxylic acids is 2. The number of amides is 2. The highest BCUT2D eigenvalue weighted by atomic mass is 16.5. The fraction of sp³-hybridized carbons (Fsp3) is 0.297. The Hall–Kier alpha value is -6.00. The standard InChI is InChI=1S/C37H36N8O5/c1-37(22-49-23-37)36(47)44-17-3-4-27(21-44)41-33-32-30(14-16-40-34(32)45(43-33)20-24-5-9-28(48-2)10-6-24)50-29-11-7-26(8-12-29)35(46)42-31-18-25(19-38)13-15-39-31/h5-16,18,27H,3-4,17,20-23H2,1-2H3,(H,41,43)(H,39,42,46)/t27-/m1/s1. The number of pyridine rings is 2. The lowest BCUT2D eigenvalue weighted by Gasteiger charge is -2.43. The quantitative estimate of drug-likeness (QED) is 0.201. The van der Waals surface area contributed by atoms with Crippen LogP contribution < -0.4 is 20.1 Å². The van der Waals surface area contributed by atoms with Gasteiger partial charge in [-0.3, -0.25) is 9.59 Å². The van der Waals surface area contributed by atoms with Gasteiger partial charge < -0.3 is 29.7 Å². The molecule has 0 aliphatic carbocycles. The zero-order valence-electron chi connectivity index (χ0n) is 27.8. The van der Waals surface area contributed by atoms with Crippen molar-refractivity contribution in [3.63, 3.8) is 0 Å². The Kier molecular flexibility index (Phi) is 9.02. The Bertz CT molecular complexity index is 2070. The van der Waals surface area contributed by atoms with Crippen molar-refractivity contribution < 1.29 is 23.8 Å². The molecule has 0 spiro atoms. The summed E-state index contributed by atoms with van der Waals surface area (Å²) < 4.78 is 19.0. The summed E-state index contributed by atoms with van der Waals surface area (Å²) in [6, 6.07) is 21.4. The van der Waals surface area contributed by atoms with Crippen LogP contribution in [0.1, 0.15) is 41.3 Å². The summed E-state index contributed by atoms with van der Waals surface area (Å²) in [6.07, 6.45) is 4.89. The van der Waals surface area contributed by atoms with E-state index in [4.69, 9.17) is 29.6 Å². The zero-order valence-corrected chi connectivity index (χ0v) is 27.8. The number of nitrogens with zero attached hydrogens (tertiary/aromatic N) is 6. The minimum absolute atomic E-state index is 0.0287. The minimum Gasteiger partial charge on any atom is -0.497 e. The zero-order chi connectivity index (χ0) is 34.7. The molecule has 7 rings (SSSR count). The molecule has 254 valence electrons. The molecule has 5 heterocycles. The molecule has 5 aromatic rings. The van der Waals surface area contributed by atoms with Gasteiger partial charge in [0.25, 0.3) is 5.91 Å².